The maximum atomic E-state index is 10.9. The molecule has 0 amide bonds. The first-order chi connectivity index (χ1) is 10.2. The van der Waals surface area contributed by atoms with Gasteiger partial charge in [-0.05, 0) is 24.3 Å². The lowest BCUT2D eigenvalue weighted by atomic mass is 9.92. The highest BCUT2D eigenvalue weighted by Gasteiger charge is 2.43. The molecule has 6 heteroatoms. The Morgan fingerprint density at radius 3 is 3.00 bits per heavy atom. The molecule has 2 aliphatic heterocycles. The SMILES string of the molecule is CCC1C2CNCC2CN1c1ccc([N+](=O)[O-])cc1C#N. The van der Waals surface area contributed by atoms with Gasteiger partial charge >= 0.3 is 0 Å². The van der Waals surface area contributed by atoms with Crippen LogP contribution in [0, 0.1) is 33.3 Å². The Bertz CT molecular complexity index is 610. The first kappa shape index (κ1) is 13.8. The smallest absolute Gasteiger partial charge is 0.270 e. The van der Waals surface area contributed by atoms with Crippen molar-refractivity contribution in [3.8, 4) is 6.07 Å². The number of hydrogen-bond acceptors (Lipinski definition) is 5. The first-order valence-electron chi connectivity index (χ1n) is 7.31. The number of benzene rings is 1. The highest BCUT2D eigenvalue weighted by molar-refractivity contribution is 5.64. The molecule has 6 nitrogen and oxygen atoms in total. The third-order valence-electron chi connectivity index (χ3n) is 4.76. The van der Waals surface area contributed by atoms with E-state index in [-0.39, 0.29) is 5.69 Å². The first-order valence-corrected chi connectivity index (χ1v) is 7.31. The summed E-state index contributed by atoms with van der Waals surface area (Å²) < 4.78 is 0. The predicted molar refractivity (Wildman–Crippen MR) is 79.1 cm³/mol. The number of non-ortho nitro benzene ring substituents is 1. The fourth-order valence-corrected chi connectivity index (χ4v) is 3.80. The van der Waals surface area contributed by atoms with Crippen molar-refractivity contribution in [1.82, 2.24) is 5.32 Å². The fourth-order valence-electron chi connectivity index (χ4n) is 3.80. The summed E-state index contributed by atoms with van der Waals surface area (Å²) in [5, 5.41) is 23.6. The lowest BCUT2D eigenvalue weighted by Gasteiger charge is -2.29. The van der Waals surface area contributed by atoms with Crippen molar-refractivity contribution >= 4 is 11.4 Å². The molecule has 1 N–H and O–H groups in total. The summed E-state index contributed by atoms with van der Waals surface area (Å²) >= 11 is 0. The average molecular weight is 286 g/mol. The van der Waals surface area contributed by atoms with E-state index in [1.165, 1.54) is 12.1 Å². The van der Waals surface area contributed by atoms with Gasteiger partial charge in [-0.1, -0.05) is 6.92 Å². The number of nitrogens with zero attached hydrogens (tertiary/aromatic N) is 3. The minimum absolute atomic E-state index is 0.0237. The van der Waals surface area contributed by atoms with Gasteiger partial charge in [0.15, 0.2) is 0 Å². The molecule has 0 radical (unpaired) electrons. The summed E-state index contributed by atoms with van der Waals surface area (Å²) in [6.45, 7) is 5.12. The Kier molecular flexibility index (Phi) is 3.52. The summed E-state index contributed by atoms with van der Waals surface area (Å²) in [4.78, 5) is 12.7. The Morgan fingerprint density at radius 1 is 1.52 bits per heavy atom. The standard InChI is InChI=1S/C15H18N4O2/c1-2-14-13-8-17-7-11(13)9-18(14)15-4-3-12(19(20)21)5-10(15)6-16/h3-5,11,13-14,17H,2,7-9H2,1H3. The summed E-state index contributed by atoms with van der Waals surface area (Å²) in [5.74, 6) is 1.22. The number of nitro groups is 1. The summed E-state index contributed by atoms with van der Waals surface area (Å²) in [6, 6.07) is 7.13. The molecule has 21 heavy (non-hydrogen) atoms. The van der Waals surface area contributed by atoms with Gasteiger partial charge in [-0.25, -0.2) is 0 Å². The highest BCUT2D eigenvalue weighted by atomic mass is 16.6. The molecular formula is C15H18N4O2. The number of hydrogen-bond donors (Lipinski definition) is 1. The second-order valence-corrected chi connectivity index (χ2v) is 5.78. The van der Waals surface area contributed by atoms with Crippen LogP contribution in [-0.4, -0.2) is 30.6 Å². The highest BCUT2D eigenvalue weighted by Crippen LogP contribution is 2.39. The van der Waals surface area contributed by atoms with E-state index < -0.39 is 4.92 Å². The number of fused-ring (bicyclic) bond motifs is 1. The van der Waals surface area contributed by atoms with Crippen LogP contribution in [0.2, 0.25) is 0 Å². The summed E-state index contributed by atoms with van der Waals surface area (Å²) in [6.07, 6.45) is 1.02. The Hall–Kier alpha value is -2.13. The van der Waals surface area contributed by atoms with Crippen molar-refractivity contribution in [3.05, 3.63) is 33.9 Å². The molecular weight excluding hydrogens is 268 g/mol. The molecule has 0 aliphatic carbocycles. The molecule has 0 saturated carbocycles. The molecule has 2 aliphatic rings. The van der Waals surface area contributed by atoms with E-state index >= 15 is 0 Å². The molecule has 0 aromatic heterocycles. The van der Waals surface area contributed by atoms with Crippen LogP contribution in [-0.2, 0) is 0 Å². The largest absolute Gasteiger partial charge is 0.367 e. The molecule has 2 heterocycles. The normalized spacial score (nSPS) is 27.4. The second kappa shape index (κ2) is 5.34. The molecule has 2 fully saturated rings. The monoisotopic (exact) mass is 286 g/mol. The van der Waals surface area contributed by atoms with Crippen LogP contribution < -0.4 is 10.2 Å². The van der Waals surface area contributed by atoms with E-state index in [9.17, 15) is 15.4 Å². The lowest BCUT2D eigenvalue weighted by molar-refractivity contribution is -0.384. The van der Waals surface area contributed by atoms with Crippen LogP contribution in [0.25, 0.3) is 0 Å². The van der Waals surface area contributed by atoms with Gasteiger partial charge in [-0.2, -0.15) is 5.26 Å². The Balaban J connectivity index is 1.97. The number of anilines is 1. The molecule has 1 aromatic carbocycles. The minimum Gasteiger partial charge on any atom is -0.367 e. The van der Waals surface area contributed by atoms with E-state index in [0.29, 0.717) is 23.4 Å². The van der Waals surface area contributed by atoms with E-state index in [2.05, 4.69) is 23.2 Å². The number of nitriles is 1. The number of nitro benzene ring substituents is 1. The average Bonchev–Trinajstić information content (AvgIpc) is 3.06. The van der Waals surface area contributed by atoms with Crippen LogP contribution in [0.5, 0.6) is 0 Å². The van der Waals surface area contributed by atoms with Crippen molar-refractivity contribution < 1.29 is 4.92 Å². The van der Waals surface area contributed by atoms with Gasteiger partial charge in [0.25, 0.3) is 5.69 Å². The molecule has 0 spiro atoms. The molecule has 2 saturated heterocycles. The molecule has 1 aromatic rings. The second-order valence-electron chi connectivity index (χ2n) is 5.78. The lowest BCUT2D eigenvalue weighted by Crippen LogP contribution is -2.35. The Morgan fingerprint density at radius 2 is 2.33 bits per heavy atom. The van der Waals surface area contributed by atoms with Gasteiger partial charge in [-0.15, -0.1) is 0 Å². The van der Waals surface area contributed by atoms with Crippen LogP contribution in [0.15, 0.2) is 18.2 Å². The quantitative estimate of drug-likeness (QED) is 0.678. The third kappa shape index (κ3) is 2.24. The zero-order valence-corrected chi connectivity index (χ0v) is 12.0. The molecule has 3 rings (SSSR count). The van der Waals surface area contributed by atoms with Crippen molar-refractivity contribution in [2.24, 2.45) is 11.8 Å². The van der Waals surface area contributed by atoms with Crippen molar-refractivity contribution in [1.29, 1.82) is 5.26 Å². The Labute approximate surface area is 123 Å². The molecule has 0 bridgehead atoms. The topological polar surface area (TPSA) is 82.2 Å². The van der Waals surface area contributed by atoms with Crippen molar-refractivity contribution in [3.63, 3.8) is 0 Å². The number of nitrogens with one attached hydrogen (secondary N) is 1. The van der Waals surface area contributed by atoms with E-state index in [4.69, 9.17) is 0 Å². The maximum absolute atomic E-state index is 10.9. The van der Waals surface area contributed by atoms with Gasteiger partial charge < -0.3 is 10.2 Å². The van der Waals surface area contributed by atoms with Gasteiger partial charge in [0.2, 0.25) is 0 Å². The fraction of sp³-hybridized carbons (Fsp3) is 0.533. The zero-order chi connectivity index (χ0) is 15.0. The molecule has 3 unspecified atom stereocenters. The molecule has 3 atom stereocenters. The van der Waals surface area contributed by atoms with Crippen molar-refractivity contribution in [2.75, 3.05) is 24.5 Å². The number of rotatable bonds is 3. The third-order valence-corrected chi connectivity index (χ3v) is 4.76. The molecule has 110 valence electrons. The zero-order valence-electron chi connectivity index (χ0n) is 12.0. The van der Waals surface area contributed by atoms with Crippen LogP contribution in [0.1, 0.15) is 18.9 Å². The van der Waals surface area contributed by atoms with Crippen LogP contribution >= 0.6 is 0 Å². The van der Waals surface area contributed by atoms with Crippen LogP contribution in [0.3, 0.4) is 0 Å². The van der Waals surface area contributed by atoms with Gasteiger partial charge in [0, 0.05) is 37.8 Å². The maximum Gasteiger partial charge on any atom is 0.270 e. The van der Waals surface area contributed by atoms with Crippen LogP contribution in [0.4, 0.5) is 11.4 Å². The van der Waals surface area contributed by atoms with Gasteiger partial charge in [0.1, 0.15) is 6.07 Å². The van der Waals surface area contributed by atoms with E-state index in [1.807, 2.05) is 0 Å². The van der Waals surface area contributed by atoms with E-state index in [0.717, 1.165) is 31.7 Å². The summed E-state index contributed by atoms with van der Waals surface area (Å²) in [7, 11) is 0. The van der Waals surface area contributed by atoms with Gasteiger partial charge in [-0.3, -0.25) is 10.1 Å². The van der Waals surface area contributed by atoms with E-state index in [1.54, 1.807) is 6.07 Å². The summed E-state index contributed by atoms with van der Waals surface area (Å²) in [5.41, 5.74) is 1.21. The predicted octanol–water partition coefficient (Wildman–Crippen LogP) is 1.90. The van der Waals surface area contributed by atoms with Crippen molar-refractivity contribution in [2.45, 2.75) is 19.4 Å². The van der Waals surface area contributed by atoms with Gasteiger partial charge in [0.05, 0.1) is 16.2 Å². The minimum atomic E-state index is -0.454.